The highest BCUT2D eigenvalue weighted by molar-refractivity contribution is 5.87. The predicted molar refractivity (Wildman–Crippen MR) is 57.6 cm³/mol. The first-order chi connectivity index (χ1) is 7.70. The van der Waals surface area contributed by atoms with Gasteiger partial charge in [0.05, 0.1) is 18.0 Å². The van der Waals surface area contributed by atoms with Crippen molar-refractivity contribution >= 4 is 11.7 Å². The van der Waals surface area contributed by atoms with Crippen molar-refractivity contribution in [2.45, 2.75) is 0 Å². The van der Waals surface area contributed by atoms with Gasteiger partial charge in [-0.15, -0.1) is 10.2 Å². The van der Waals surface area contributed by atoms with Crippen molar-refractivity contribution in [1.29, 1.82) is 0 Å². The summed E-state index contributed by atoms with van der Waals surface area (Å²) in [5.74, 6) is -0.931. The number of anilines is 1. The van der Waals surface area contributed by atoms with Crippen LogP contribution in [0.25, 0.3) is 0 Å². The summed E-state index contributed by atoms with van der Waals surface area (Å²) < 4.78 is 0. The first-order valence-corrected chi connectivity index (χ1v) is 4.37. The zero-order valence-corrected chi connectivity index (χ0v) is 8.32. The molecule has 6 heteroatoms. The maximum Gasteiger partial charge on any atom is 0.335 e. The standard InChI is InChI=1S/C7H7NO2.C3H3N3/c8-6-3-1-5(2-4-6)7(9)10;1-2-4-6-5-3-1/h1-4H,8H2,(H,9,10);1-3H. The summed E-state index contributed by atoms with van der Waals surface area (Å²) in [5, 5.41) is 18.6. The number of nitrogen functional groups attached to an aromatic ring is 1. The zero-order chi connectivity index (χ0) is 11.8. The van der Waals surface area contributed by atoms with Gasteiger partial charge in [-0.1, -0.05) is 0 Å². The Bertz CT molecular complexity index is 404. The molecule has 0 spiro atoms. The summed E-state index contributed by atoms with van der Waals surface area (Å²) in [7, 11) is 0. The maximum atomic E-state index is 10.3. The maximum absolute atomic E-state index is 10.3. The predicted octanol–water partition coefficient (Wildman–Crippen LogP) is 0.839. The molecule has 0 bridgehead atoms. The molecule has 0 radical (unpaired) electrons. The molecule has 0 saturated carbocycles. The summed E-state index contributed by atoms with van der Waals surface area (Å²) >= 11 is 0. The molecule has 16 heavy (non-hydrogen) atoms. The Hall–Kier alpha value is -2.50. The van der Waals surface area contributed by atoms with Gasteiger partial charge in [0.1, 0.15) is 0 Å². The highest BCUT2D eigenvalue weighted by atomic mass is 16.4. The molecule has 1 heterocycles. The van der Waals surface area contributed by atoms with Gasteiger partial charge in [0, 0.05) is 5.69 Å². The van der Waals surface area contributed by atoms with Crippen LogP contribution in [0, 0.1) is 0 Å². The van der Waals surface area contributed by atoms with Crippen LogP contribution < -0.4 is 5.73 Å². The lowest BCUT2D eigenvalue weighted by molar-refractivity contribution is 0.0697. The first-order valence-electron chi connectivity index (χ1n) is 4.37. The van der Waals surface area contributed by atoms with E-state index < -0.39 is 5.97 Å². The Morgan fingerprint density at radius 3 is 2.00 bits per heavy atom. The Morgan fingerprint density at radius 1 is 1.12 bits per heavy atom. The van der Waals surface area contributed by atoms with Crippen molar-refractivity contribution < 1.29 is 9.90 Å². The average Bonchev–Trinajstić information content (AvgIpc) is 2.32. The van der Waals surface area contributed by atoms with Crippen LogP contribution in [0.4, 0.5) is 5.69 Å². The van der Waals surface area contributed by atoms with Crippen molar-refractivity contribution in [3.05, 3.63) is 48.3 Å². The van der Waals surface area contributed by atoms with Gasteiger partial charge in [-0.3, -0.25) is 0 Å². The molecule has 82 valence electrons. The Balaban J connectivity index is 0.000000181. The minimum absolute atomic E-state index is 0.259. The number of nitrogens with zero attached hydrogens (tertiary/aromatic N) is 3. The van der Waals surface area contributed by atoms with Crippen LogP contribution in [0.15, 0.2) is 42.7 Å². The SMILES string of the molecule is Nc1ccc(C(=O)O)cc1.c1cnnnc1. The average molecular weight is 218 g/mol. The van der Waals surface area contributed by atoms with E-state index in [1.54, 1.807) is 30.6 Å². The molecule has 0 atom stereocenters. The highest BCUT2D eigenvalue weighted by Gasteiger charge is 1.98. The molecule has 1 aromatic heterocycles. The number of nitrogens with two attached hydrogens (primary N) is 1. The lowest BCUT2D eigenvalue weighted by Gasteiger charge is -1.93. The Labute approximate surface area is 91.8 Å². The molecule has 1 aromatic carbocycles. The molecule has 3 N–H and O–H groups in total. The fraction of sp³-hybridized carbons (Fsp3) is 0. The van der Waals surface area contributed by atoms with Crippen molar-refractivity contribution in [3.63, 3.8) is 0 Å². The molecule has 0 unspecified atom stereocenters. The first kappa shape index (κ1) is 11.6. The van der Waals surface area contributed by atoms with E-state index in [9.17, 15) is 4.79 Å². The third-order valence-corrected chi connectivity index (χ3v) is 1.57. The molecule has 0 aliphatic carbocycles. The van der Waals surface area contributed by atoms with Gasteiger partial charge in [0.2, 0.25) is 0 Å². The summed E-state index contributed by atoms with van der Waals surface area (Å²) in [6.07, 6.45) is 3.15. The normalized spacial score (nSPS) is 8.75. The van der Waals surface area contributed by atoms with Gasteiger partial charge < -0.3 is 10.8 Å². The van der Waals surface area contributed by atoms with Gasteiger partial charge in [-0.25, -0.2) is 4.79 Å². The van der Waals surface area contributed by atoms with E-state index in [1.807, 2.05) is 0 Å². The lowest BCUT2D eigenvalue weighted by Crippen LogP contribution is -1.95. The van der Waals surface area contributed by atoms with Crippen LogP contribution >= 0.6 is 0 Å². The van der Waals surface area contributed by atoms with Crippen LogP contribution in [-0.4, -0.2) is 26.5 Å². The molecular weight excluding hydrogens is 208 g/mol. The summed E-state index contributed by atoms with van der Waals surface area (Å²) in [5.41, 5.74) is 6.17. The van der Waals surface area contributed by atoms with E-state index in [4.69, 9.17) is 10.8 Å². The number of carboxylic acids is 1. The number of hydrogen-bond donors (Lipinski definition) is 2. The van der Waals surface area contributed by atoms with Crippen LogP contribution in [0.3, 0.4) is 0 Å². The van der Waals surface area contributed by atoms with Crippen molar-refractivity contribution in [2.75, 3.05) is 5.73 Å². The molecule has 0 amide bonds. The Kier molecular flexibility index (Phi) is 4.39. The monoisotopic (exact) mass is 218 g/mol. The number of benzene rings is 1. The number of aromatic nitrogens is 3. The van der Waals surface area contributed by atoms with E-state index in [1.165, 1.54) is 12.1 Å². The third-order valence-electron chi connectivity index (χ3n) is 1.57. The molecular formula is C10H10N4O2. The van der Waals surface area contributed by atoms with Gasteiger partial charge in [0.15, 0.2) is 0 Å². The summed E-state index contributed by atoms with van der Waals surface area (Å²) in [6.45, 7) is 0. The number of aromatic carboxylic acids is 1. The summed E-state index contributed by atoms with van der Waals surface area (Å²) in [6, 6.07) is 7.77. The van der Waals surface area contributed by atoms with Gasteiger partial charge in [-0.2, -0.15) is 0 Å². The fourth-order valence-electron chi connectivity index (χ4n) is 0.831. The Morgan fingerprint density at radius 2 is 1.69 bits per heavy atom. The topological polar surface area (TPSA) is 102 Å². The number of carboxylic acid groups (broad SMARTS) is 1. The second-order valence-electron chi connectivity index (χ2n) is 2.74. The summed E-state index contributed by atoms with van der Waals surface area (Å²) in [4.78, 5) is 10.3. The second-order valence-corrected chi connectivity index (χ2v) is 2.74. The molecule has 0 saturated heterocycles. The zero-order valence-electron chi connectivity index (χ0n) is 8.32. The molecule has 0 aliphatic rings. The van der Waals surface area contributed by atoms with E-state index in [-0.39, 0.29) is 5.56 Å². The van der Waals surface area contributed by atoms with E-state index in [0.29, 0.717) is 5.69 Å². The van der Waals surface area contributed by atoms with Gasteiger partial charge in [-0.05, 0) is 35.5 Å². The highest BCUT2D eigenvalue weighted by Crippen LogP contribution is 2.04. The minimum atomic E-state index is -0.931. The minimum Gasteiger partial charge on any atom is -0.478 e. The lowest BCUT2D eigenvalue weighted by atomic mass is 10.2. The number of carbonyl (C=O) groups is 1. The second kappa shape index (κ2) is 6.07. The largest absolute Gasteiger partial charge is 0.478 e. The van der Waals surface area contributed by atoms with E-state index >= 15 is 0 Å². The third kappa shape index (κ3) is 4.14. The molecule has 2 rings (SSSR count). The fourth-order valence-corrected chi connectivity index (χ4v) is 0.831. The quantitative estimate of drug-likeness (QED) is 0.687. The van der Waals surface area contributed by atoms with Gasteiger partial charge in [0.25, 0.3) is 0 Å². The van der Waals surface area contributed by atoms with Crippen LogP contribution in [0.1, 0.15) is 10.4 Å². The van der Waals surface area contributed by atoms with Gasteiger partial charge >= 0.3 is 5.97 Å². The molecule has 0 fully saturated rings. The van der Waals surface area contributed by atoms with Crippen LogP contribution in [-0.2, 0) is 0 Å². The van der Waals surface area contributed by atoms with Crippen molar-refractivity contribution in [2.24, 2.45) is 0 Å². The van der Waals surface area contributed by atoms with Crippen LogP contribution in [0.5, 0.6) is 0 Å². The smallest absolute Gasteiger partial charge is 0.335 e. The van der Waals surface area contributed by atoms with E-state index in [0.717, 1.165) is 0 Å². The van der Waals surface area contributed by atoms with Crippen molar-refractivity contribution in [3.8, 4) is 0 Å². The van der Waals surface area contributed by atoms with Crippen molar-refractivity contribution in [1.82, 2.24) is 15.4 Å². The van der Waals surface area contributed by atoms with E-state index in [2.05, 4.69) is 15.4 Å². The number of rotatable bonds is 1. The van der Waals surface area contributed by atoms with Crippen LogP contribution in [0.2, 0.25) is 0 Å². The molecule has 0 aliphatic heterocycles. The molecule has 6 nitrogen and oxygen atoms in total. The molecule has 2 aromatic rings. The number of hydrogen-bond acceptors (Lipinski definition) is 5.